The number of hydrogen-bond donors (Lipinski definition) is 1. The highest BCUT2D eigenvalue weighted by Crippen LogP contribution is 2.40. The minimum Gasteiger partial charge on any atom is -0.481 e. The molecule has 0 saturated heterocycles. The lowest BCUT2D eigenvalue weighted by molar-refractivity contribution is -0.153. The summed E-state index contributed by atoms with van der Waals surface area (Å²) < 4.78 is 5.32. The van der Waals surface area contributed by atoms with Crippen LogP contribution in [0.3, 0.4) is 0 Å². The van der Waals surface area contributed by atoms with Crippen LogP contribution in [0.2, 0.25) is 0 Å². The van der Waals surface area contributed by atoms with Gasteiger partial charge in [-0.05, 0) is 37.9 Å². The van der Waals surface area contributed by atoms with Gasteiger partial charge in [0, 0.05) is 6.54 Å². The average Bonchev–Trinajstić information content (AvgIpc) is 2.81. The molecule has 2 atom stereocenters. The number of carbonyl (C=O) groups is 1. The maximum Gasteiger partial charge on any atom is 0.310 e. The highest BCUT2D eigenvalue weighted by Gasteiger charge is 2.42. The van der Waals surface area contributed by atoms with Crippen molar-refractivity contribution in [1.82, 2.24) is 4.90 Å². The topological polar surface area (TPSA) is 53.7 Å². The number of rotatable bonds is 5. The lowest BCUT2D eigenvalue weighted by Crippen LogP contribution is -2.44. The smallest absolute Gasteiger partial charge is 0.310 e. The Morgan fingerprint density at radius 3 is 3.00 bits per heavy atom. The van der Waals surface area contributed by atoms with Crippen molar-refractivity contribution in [3.05, 3.63) is 24.2 Å². The van der Waals surface area contributed by atoms with Crippen LogP contribution < -0.4 is 0 Å². The van der Waals surface area contributed by atoms with E-state index in [1.54, 1.807) is 6.26 Å². The summed E-state index contributed by atoms with van der Waals surface area (Å²) in [5.41, 5.74) is -0.584. The first-order chi connectivity index (χ1) is 9.02. The van der Waals surface area contributed by atoms with Gasteiger partial charge in [0.05, 0.1) is 18.2 Å². The molecule has 2 unspecified atom stereocenters. The van der Waals surface area contributed by atoms with Crippen LogP contribution in [-0.4, -0.2) is 29.6 Å². The molecule has 1 aliphatic rings. The van der Waals surface area contributed by atoms with Gasteiger partial charge in [-0.2, -0.15) is 0 Å². The third kappa shape index (κ3) is 3.38. The summed E-state index contributed by atoms with van der Waals surface area (Å²) in [6, 6.07) is 3.78. The van der Waals surface area contributed by atoms with Crippen molar-refractivity contribution in [2.75, 3.05) is 13.6 Å². The predicted molar refractivity (Wildman–Crippen MR) is 72.7 cm³/mol. The van der Waals surface area contributed by atoms with E-state index in [9.17, 15) is 9.90 Å². The number of nitrogens with zero attached hydrogens (tertiary/aromatic N) is 1. The van der Waals surface area contributed by atoms with Crippen LogP contribution in [0.5, 0.6) is 0 Å². The van der Waals surface area contributed by atoms with Crippen molar-refractivity contribution in [1.29, 1.82) is 0 Å². The molecule has 4 heteroatoms. The average molecular weight is 265 g/mol. The minimum atomic E-state index is -0.648. The van der Waals surface area contributed by atoms with Gasteiger partial charge in [-0.25, -0.2) is 0 Å². The zero-order chi connectivity index (χ0) is 13.9. The van der Waals surface area contributed by atoms with Crippen molar-refractivity contribution in [2.45, 2.75) is 39.2 Å². The van der Waals surface area contributed by atoms with E-state index in [0.29, 0.717) is 19.0 Å². The predicted octanol–water partition coefficient (Wildman–Crippen LogP) is 2.99. The van der Waals surface area contributed by atoms with Gasteiger partial charge in [0.25, 0.3) is 0 Å². The van der Waals surface area contributed by atoms with Gasteiger partial charge in [-0.15, -0.1) is 0 Å². The van der Waals surface area contributed by atoms with Crippen LogP contribution >= 0.6 is 0 Å². The van der Waals surface area contributed by atoms with Crippen LogP contribution in [0, 0.1) is 11.3 Å². The van der Waals surface area contributed by atoms with Gasteiger partial charge in [0.15, 0.2) is 0 Å². The van der Waals surface area contributed by atoms with E-state index in [4.69, 9.17) is 4.42 Å². The number of aliphatic carboxylic acids is 1. The molecule has 1 saturated carbocycles. The zero-order valence-electron chi connectivity index (χ0n) is 11.8. The Balaban J connectivity index is 2.02. The van der Waals surface area contributed by atoms with Crippen molar-refractivity contribution in [3.63, 3.8) is 0 Å². The largest absolute Gasteiger partial charge is 0.481 e. The molecule has 1 aromatic rings. The van der Waals surface area contributed by atoms with Crippen LogP contribution in [0.1, 0.15) is 38.4 Å². The molecule has 0 radical (unpaired) electrons. The molecule has 4 nitrogen and oxygen atoms in total. The molecular formula is C15H23NO3. The lowest BCUT2D eigenvalue weighted by atomic mass is 9.70. The molecule has 1 aliphatic carbocycles. The van der Waals surface area contributed by atoms with Gasteiger partial charge in [-0.3, -0.25) is 9.69 Å². The van der Waals surface area contributed by atoms with Crippen molar-refractivity contribution in [2.24, 2.45) is 11.3 Å². The Morgan fingerprint density at radius 1 is 1.63 bits per heavy atom. The Kier molecular flexibility index (Phi) is 4.30. The zero-order valence-corrected chi connectivity index (χ0v) is 11.8. The molecule has 1 N–H and O–H groups in total. The van der Waals surface area contributed by atoms with Crippen LogP contribution in [-0.2, 0) is 11.3 Å². The number of hydrogen-bond acceptors (Lipinski definition) is 3. The molecule has 2 rings (SSSR count). The Morgan fingerprint density at radius 2 is 2.42 bits per heavy atom. The van der Waals surface area contributed by atoms with Crippen LogP contribution in [0.15, 0.2) is 22.8 Å². The fraction of sp³-hybridized carbons (Fsp3) is 0.667. The summed E-state index contributed by atoms with van der Waals surface area (Å²) in [6.45, 7) is 3.41. The van der Waals surface area contributed by atoms with E-state index < -0.39 is 11.4 Å². The number of carboxylic acids is 1. The van der Waals surface area contributed by atoms with E-state index in [1.165, 1.54) is 0 Å². The van der Waals surface area contributed by atoms with Gasteiger partial charge in [0.1, 0.15) is 5.76 Å². The second kappa shape index (κ2) is 5.78. The van der Waals surface area contributed by atoms with E-state index >= 15 is 0 Å². The van der Waals surface area contributed by atoms with Crippen LogP contribution in [0.25, 0.3) is 0 Å². The summed E-state index contributed by atoms with van der Waals surface area (Å²) in [5.74, 6) is 0.735. The van der Waals surface area contributed by atoms with Crippen molar-refractivity contribution < 1.29 is 14.3 Å². The third-order valence-electron chi connectivity index (χ3n) is 4.12. The Bertz CT molecular complexity index is 415. The summed E-state index contributed by atoms with van der Waals surface area (Å²) in [6.07, 6.45) is 5.39. The highest BCUT2D eigenvalue weighted by molar-refractivity contribution is 5.75. The first-order valence-corrected chi connectivity index (χ1v) is 6.96. The van der Waals surface area contributed by atoms with Crippen LogP contribution in [0.4, 0.5) is 0 Å². The summed E-state index contributed by atoms with van der Waals surface area (Å²) in [5, 5.41) is 9.63. The number of carboxylic acid groups (broad SMARTS) is 1. The molecule has 0 aliphatic heterocycles. The first-order valence-electron chi connectivity index (χ1n) is 6.96. The van der Waals surface area contributed by atoms with Gasteiger partial charge in [0.2, 0.25) is 0 Å². The molecule has 1 aromatic heterocycles. The monoisotopic (exact) mass is 265 g/mol. The quantitative estimate of drug-likeness (QED) is 0.889. The third-order valence-corrected chi connectivity index (χ3v) is 4.12. The molecular weight excluding hydrogens is 242 g/mol. The maximum absolute atomic E-state index is 11.7. The summed E-state index contributed by atoms with van der Waals surface area (Å²) in [7, 11) is 1.96. The van der Waals surface area contributed by atoms with Gasteiger partial charge < -0.3 is 9.52 Å². The van der Waals surface area contributed by atoms with E-state index in [0.717, 1.165) is 31.4 Å². The van der Waals surface area contributed by atoms with Gasteiger partial charge >= 0.3 is 5.97 Å². The molecule has 0 bridgehead atoms. The normalized spacial score (nSPS) is 27.6. The van der Waals surface area contributed by atoms with Crippen molar-refractivity contribution in [3.8, 4) is 0 Å². The molecule has 1 heterocycles. The van der Waals surface area contributed by atoms with E-state index in [1.807, 2.05) is 19.2 Å². The molecule has 0 aromatic carbocycles. The fourth-order valence-electron chi connectivity index (χ4n) is 3.31. The molecule has 106 valence electrons. The fourth-order valence-corrected chi connectivity index (χ4v) is 3.31. The minimum absolute atomic E-state index is 0.502. The second-order valence-corrected chi connectivity index (χ2v) is 6.04. The highest BCUT2D eigenvalue weighted by atomic mass is 16.4. The Hall–Kier alpha value is -1.29. The SMILES string of the molecule is CC1CCCC(CN(C)Cc2ccco2)(C(=O)O)C1. The first kappa shape index (κ1) is 14.1. The lowest BCUT2D eigenvalue weighted by Gasteiger charge is -2.38. The second-order valence-electron chi connectivity index (χ2n) is 6.04. The maximum atomic E-state index is 11.7. The Labute approximate surface area is 114 Å². The molecule has 0 amide bonds. The summed E-state index contributed by atoms with van der Waals surface area (Å²) in [4.78, 5) is 13.8. The molecule has 0 spiro atoms. The molecule has 19 heavy (non-hydrogen) atoms. The van der Waals surface area contributed by atoms with E-state index in [2.05, 4.69) is 11.8 Å². The van der Waals surface area contributed by atoms with Crippen molar-refractivity contribution >= 4 is 5.97 Å². The van der Waals surface area contributed by atoms with E-state index in [-0.39, 0.29) is 0 Å². The molecule has 1 fully saturated rings. The van der Waals surface area contributed by atoms with Gasteiger partial charge in [-0.1, -0.05) is 19.8 Å². The summed E-state index contributed by atoms with van der Waals surface area (Å²) >= 11 is 0. The number of furan rings is 1. The standard InChI is InChI=1S/C15H23NO3/c1-12-5-3-7-15(9-12,14(17)18)11-16(2)10-13-6-4-8-19-13/h4,6,8,12H,3,5,7,9-11H2,1-2H3,(H,17,18).